The van der Waals surface area contributed by atoms with Crippen LogP contribution in [0.3, 0.4) is 0 Å². The average Bonchev–Trinajstić information content (AvgIpc) is 2.66. The summed E-state index contributed by atoms with van der Waals surface area (Å²) in [5.41, 5.74) is 1.81. The van der Waals surface area contributed by atoms with Crippen LogP contribution in [0, 0.1) is 13.8 Å². The molecular formula is C20H23N3O4. The third-order valence-corrected chi connectivity index (χ3v) is 4.45. The van der Waals surface area contributed by atoms with Crippen molar-refractivity contribution in [2.45, 2.75) is 32.8 Å². The zero-order valence-electron chi connectivity index (χ0n) is 15.8. The standard InChI is InChI=1S/C20H23N3O4/c1-13-11-18(22-14(2)21-13)27-17-5-4-10-23(12-17)19(24)15-6-8-16(9-7-15)20(25)26-3/h6-9,11,17H,4-5,10,12H2,1-3H3. The van der Waals surface area contributed by atoms with E-state index < -0.39 is 5.97 Å². The summed E-state index contributed by atoms with van der Waals surface area (Å²) >= 11 is 0. The van der Waals surface area contributed by atoms with Crippen molar-refractivity contribution in [1.82, 2.24) is 14.9 Å². The summed E-state index contributed by atoms with van der Waals surface area (Å²) in [6.07, 6.45) is 1.62. The highest BCUT2D eigenvalue weighted by Gasteiger charge is 2.26. The second-order valence-corrected chi connectivity index (χ2v) is 6.60. The first-order chi connectivity index (χ1) is 13.0. The fraction of sp³-hybridized carbons (Fsp3) is 0.400. The topological polar surface area (TPSA) is 81.6 Å². The normalized spacial score (nSPS) is 16.7. The van der Waals surface area contributed by atoms with Crippen LogP contribution in [0.1, 0.15) is 45.1 Å². The SMILES string of the molecule is COC(=O)c1ccc(C(=O)N2CCCC(Oc3cc(C)nc(C)n3)C2)cc1. The Labute approximate surface area is 158 Å². The number of ether oxygens (including phenoxy) is 2. The molecule has 1 fully saturated rings. The number of aromatic nitrogens is 2. The van der Waals surface area contributed by atoms with Crippen LogP contribution in [-0.2, 0) is 4.74 Å². The second kappa shape index (κ2) is 8.16. The van der Waals surface area contributed by atoms with Crippen molar-refractivity contribution >= 4 is 11.9 Å². The minimum atomic E-state index is -0.420. The number of benzene rings is 1. The maximum atomic E-state index is 12.8. The van der Waals surface area contributed by atoms with E-state index in [1.165, 1.54) is 7.11 Å². The lowest BCUT2D eigenvalue weighted by Crippen LogP contribution is -2.44. The molecule has 1 aliphatic heterocycles. The Morgan fingerprint density at radius 3 is 2.48 bits per heavy atom. The molecule has 0 spiro atoms. The number of aryl methyl sites for hydroxylation is 2. The summed E-state index contributed by atoms with van der Waals surface area (Å²) in [4.78, 5) is 34.6. The minimum Gasteiger partial charge on any atom is -0.472 e. The molecule has 0 saturated carbocycles. The minimum absolute atomic E-state index is 0.0743. The van der Waals surface area contributed by atoms with E-state index in [9.17, 15) is 9.59 Å². The first-order valence-corrected chi connectivity index (χ1v) is 8.93. The summed E-state index contributed by atoms with van der Waals surface area (Å²) in [7, 11) is 1.33. The van der Waals surface area contributed by atoms with E-state index in [4.69, 9.17) is 4.74 Å². The van der Waals surface area contributed by atoms with E-state index in [1.807, 2.05) is 13.8 Å². The molecule has 1 aliphatic rings. The number of amides is 1. The maximum Gasteiger partial charge on any atom is 0.337 e. The van der Waals surface area contributed by atoms with Crippen LogP contribution in [0.25, 0.3) is 0 Å². The molecular weight excluding hydrogens is 346 g/mol. The third kappa shape index (κ3) is 4.61. The van der Waals surface area contributed by atoms with Gasteiger partial charge in [0.05, 0.1) is 19.2 Å². The molecule has 0 radical (unpaired) electrons. The molecule has 1 unspecified atom stereocenters. The lowest BCUT2D eigenvalue weighted by atomic mass is 10.1. The van der Waals surface area contributed by atoms with Gasteiger partial charge in [0.15, 0.2) is 0 Å². The number of hydrogen-bond donors (Lipinski definition) is 0. The van der Waals surface area contributed by atoms with Crippen molar-refractivity contribution in [2.24, 2.45) is 0 Å². The molecule has 1 aromatic heterocycles. The Morgan fingerprint density at radius 1 is 1.11 bits per heavy atom. The van der Waals surface area contributed by atoms with Gasteiger partial charge in [-0.3, -0.25) is 4.79 Å². The predicted octanol–water partition coefficient (Wildman–Crippen LogP) is 2.56. The first-order valence-electron chi connectivity index (χ1n) is 8.93. The van der Waals surface area contributed by atoms with Gasteiger partial charge in [-0.1, -0.05) is 0 Å². The fourth-order valence-electron chi connectivity index (χ4n) is 3.18. The van der Waals surface area contributed by atoms with Crippen LogP contribution >= 0.6 is 0 Å². The second-order valence-electron chi connectivity index (χ2n) is 6.60. The molecule has 0 aliphatic carbocycles. The lowest BCUT2D eigenvalue weighted by molar-refractivity contribution is 0.0525. The van der Waals surface area contributed by atoms with Crippen LogP contribution in [0.15, 0.2) is 30.3 Å². The summed E-state index contributed by atoms with van der Waals surface area (Å²) in [5.74, 6) is 0.715. The van der Waals surface area contributed by atoms with Crippen LogP contribution in [-0.4, -0.2) is 53.0 Å². The monoisotopic (exact) mass is 369 g/mol. The molecule has 1 saturated heterocycles. The van der Waals surface area contributed by atoms with Gasteiger partial charge in [-0.2, -0.15) is 4.98 Å². The zero-order valence-corrected chi connectivity index (χ0v) is 15.8. The van der Waals surface area contributed by atoms with E-state index in [1.54, 1.807) is 35.2 Å². The number of carbonyl (C=O) groups excluding carboxylic acids is 2. The van der Waals surface area contributed by atoms with Gasteiger partial charge in [0.25, 0.3) is 5.91 Å². The number of nitrogens with zero attached hydrogens (tertiary/aromatic N) is 3. The van der Waals surface area contributed by atoms with Crippen LogP contribution in [0.2, 0.25) is 0 Å². The highest BCUT2D eigenvalue weighted by molar-refractivity contribution is 5.96. The quantitative estimate of drug-likeness (QED) is 0.771. The Hall–Kier alpha value is -2.96. The molecule has 1 aromatic carbocycles. The number of carbonyl (C=O) groups is 2. The number of likely N-dealkylation sites (tertiary alicyclic amines) is 1. The molecule has 3 rings (SSSR count). The number of esters is 1. The number of rotatable bonds is 4. The average molecular weight is 369 g/mol. The van der Waals surface area contributed by atoms with Gasteiger partial charge in [-0.15, -0.1) is 0 Å². The summed E-state index contributed by atoms with van der Waals surface area (Å²) < 4.78 is 10.7. The van der Waals surface area contributed by atoms with Crippen molar-refractivity contribution in [3.8, 4) is 5.88 Å². The smallest absolute Gasteiger partial charge is 0.337 e. The van der Waals surface area contributed by atoms with Crippen molar-refractivity contribution in [3.63, 3.8) is 0 Å². The van der Waals surface area contributed by atoms with E-state index in [0.29, 0.717) is 35.9 Å². The van der Waals surface area contributed by atoms with Crippen LogP contribution in [0.4, 0.5) is 0 Å². The van der Waals surface area contributed by atoms with E-state index >= 15 is 0 Å². The van der Waals surface area contributed by atoms with E-state index in [2.05, 4.69) is 14.7 Å². The van der Waals surface area contributed by atoms with Crippen molar-refractivity contribution < 1.29 is 19.1 Å². The van der Waals surface area contributed by atoms with Gasteiger partial charge in [-0.05, 0) is 51.0 Å². The molecule has 7 nitrogen and oxygen atoms in total. The number of hydrogen-bond acceptors (Lipinski definition) is 6. The largest absolute Gasteiger partial charge is 0.472 e. The van der Waals surface area contributed by atoms with Gasteiger partial charge >= 0.3 is 5.97 Å². The third-order valence-electron chi connectivity index (χ3n) is 4.45. The molecule has 1 amide bonds. The van der Waals surface area contributed by atoms with Gasteiger partial charge in [0, 0.05) is 23.9 Å². The summed E-state index contributed by atoms with van der Waals surface area (Å²) in [6.45, 7) is 4.91. The van der Waals surface area contributed by atoms with E-state index in [-0.39, 0.29) is 12.0 Å². The lowest BCUT2D eigenvalue weighted by Gasteiger charge is -2.32. The predicted molar refractivity (Wildman–Crippen MR) is 98.8 cm³/mol. The van der Waals surface area contributed by atoms with Crippen molar-refractivity contribution in [2.75, 3.05) is 20.2 Å². The van der Waals surface area contributed by atoms with Gasteiger partial charge in [0.1, 0.15) is 11.9 Å². The number of methoxy groups -OCH3 is 1. The van der Waals surface area contributed by atoms with Gasteiger partial charge in [-0.25, -0.2) is 9.78 Å². The maximum absolute atomic E-state index is 12.8. The van der Waals surface area contributed by atoms with Crippen LogP contribution < -0.4 is 4.74 Å². The molecule has 2 aromatic rings. The fourth-order valence-corrected chi connectivity index (χ4v) is 3.18. The molecule has 7 heteroatoms. The first kappa shape index (κ1) is 18.8. The Morgan fingerprint density at radius 2 is 1.81 bits per heavy atom. The highest BCUT2D eigenvalue weighted by atomic mass is 16.5. The summed E-state index contributed by atoms with van der Waals surface area (Å²) in [6, 6.07) is 8.30. The van der Waals surface area contributed by atoms with Gasteiger partial charge in [0.2, 0.25) is 5.88 Å². The Kier molecular flexibility index (Phi) is 5.69. The highest BCUT2D eigenvalue weighted by Crippen LogP contribution is 2.19. The molecule has 2 heterocycles. The Balaban J connectivity index is 1.66. The van der Waals surface area contributed by atoms with Gasteiger partial charge < -0.3 is 14.4 Å². The summed E-state index contributed by atoms with van der Waals surface area (Å²) in [5, 5.41) is 0. The molecule has 27 heavy (non-hydrogen) atoms. The van der Waals surface area contributed by atoms with Crippen molar-refractivity contribution in [1.29, 1.82) is 0 Å². The molecule has 1 atom stereocenters. The Bertz CT molecular complexity index is 815. The number of piperidine rings is 1. The molecule has 0 bridgehead atoms. The van der Waals surface area contributed by atoms with E-state index in [0.717, 1.165) is 18.5 Å². The molecule has 0 N–H and O–H groups in total. The van der Waals surface area contributed by atoms with Crippen molar-refractivity contribution in [3.05, 3.63) is 53.0 Å². The zero-order chi connectivity index (χ0) is 19.4. The van der Waals surface area contributed by atoms with Crippen LogP contribution in [0.5, 0.6) is 5.88 Å². The molecule has 142 valence electrons.